The van der Waals surface area contributed by atoms with Gasteiger partial charge in [0, 0.05) is 11.4 Å². The summed E-state index contributed by atoms with van der Waals surface area (Å²) in [4.78, 5) is 4.00. The highest BCUT2D eigenvalue weighted by atomic mass is 79.9. The van der Waals surface area contributed by atoms with Crippen LogP contribution in [0, 0.1) is 13.8 Å². The van der Waals surface area contributed by atoms with Gasteiger partial charge in [0.1, 0.15) is 16.1 Å². The number of aromatic nitrogens is 2. The molecule has 0 aromatic carbocycles. The second-order valence-corrected chi connectivity index (χ2v) is 5.52. The Kier molecular flexibility index (Phi) is 4.37. The molecule has 0 N–H and O–H groups in total. The molecule has 0 bridgehead atoms. The van der Waals surface area contributed by atoms with Crippen molar-refractivity contribution in [3.63, 3.8) is 0 Å². The summed E-state index contributed by atoms with van der Waals surface area (Å²) in [5, 5.41) is 0. The van der Waals surface area contributed by atoms with E-state index in [1.165, 1.54) is 7.11 Å². The van der Waals surface area contributed by atoms with E-state index in [-0.39, 0.29) is 21.7 Å². The van der Waals surface area contributed by atoms with Gasteiger partial charge in [-0.05, 0) is 48.0 Å². The van der Waals surface area contributed by atoms with Crippen molar-refractivity contribution in [2.24, 2.45) is 0 Å². The summed E-state index contributed by atoms with van der Waals surface area (Å²) in [6, 6.07) is 4.70. The Morgan fingerprint density at radius 2 is 1.82 bits per heavy atom. The Balaban J connectivity index is 2.82. The summed E-state index contributed by atoms with van der Waals surface area (Å²) in [5.74, 6) is 0.192. The largest absolute Gasteiger partial charge is 0.495 e. The highest BCUT2D eigenvalue weighted by Crippen LogP contribution is 2.37. The quantitative estimate of drug-likeness (QED) is 0.564. The van der Waals surface area contributed by atoms with Crippen LogP contribution in [0.5, 0.6) is 0 Å². The van der Waals surface area contributed by atoms with E-state index >= 15 is 0 Å². The second kappa shape index (κ2) is 5.79. The minimum absolute atomic E-state index is 0.192. The first-order chi connectivity index (χ1) is 10.2. The van der Waals surface area contributed by atoms with E-state index in [0.717, 1.165) is 17.5 Å². The van der Waals surface area contributed by atoms with Gasteiger partial charge in [0.05, 0.1) is 18.4 Å². The molecular weight excluding hydrogens is 361 g/mol. The number of aryl methyl sites for hydroxylation is 2. The van der Waals surface area contributed by atoms with E-state index in [0.29, 0.717) is 0 Å². The third kappa shape index (κ3) is 2.90. The molecule has 0 saturated carbocycles. The van der Waals surface area contributed by atoms with Gasteiger partial charge in [-0.15, -0.1) is 0 Å². The van der Waals surface area contributed by atoms with Crippen molar-refractivity contribution in [2.45, 2.75) is 20.0 Å². The minimum atomic E-state index is -4.51. The van der Waals surface area contributed by atoms with Gasteiger partial charge in [-0.2, -0.15) is 13.2 Å². The SMILES string of the molecule is C=C(OC)c1nc(Br)c(C(F)(F)F)cc1-n1c(C)ccc1C. The number of halogens is 4. The van der Waals surface area contributed by atoms with Crippen LogP contribution in [0.3, 0.4) is 0 Å². The van der Waals surface area contributed by atoms with Gasteiger partial charge in [0.15, 0.2) is 0 Å². The fourth-order valence-electron chi connectivity index (χ4n) is 2.20. The maximum Gasteiger partial charge on any atom is 0.419 e. The van der Waals surface area contributed by atoms with E-state index in [1.807, 2.05) is 26.0 Å². The van der Waals surface area contributed by atoms with Crippen LogP contribution >= 0.6 is 15.9 Å². The number of alkyl halides is 3. The number of pyridine rings is 1. The number of rotatable bonds is 3. The van der Waals surface area contributed by atoms with Gasteiger partial charge >= 0.3 is 6.18 Å². The van der Waals surface area contributed by atoms with Gasteiger partial charge in [-0.1, -0.05) is 6.58 Å². The lowest BCUT2D eigenvalue weighted by atomic mass is 10.2. The normalized spacial score (nSPS) is 11.6. The van der Waals surface area contributed by atoms with Crippen molar-refractivity contribution in [2.75, 3.05) is 7.11 Å². The maximum absolute atomic E-state index is 13.2. The van der Waals surface area contributed by atoms with E-state index in [9.17, 15) is 13.2 Å². The molecule has 0 aliphatic rings. The van der Waals surface area contributed by atoms with Gasteiger partial charge in [-0.25, -0.2) is 4.98 Å². The first kappa shape index (κ1) is 16.6. The van der Waals surface area contributed by atoms with Crippen molar-refractivity contribution in [1.82, 2.24) is 9.55 Å². The molecule has 2 aromatic rings. The molecule has 3 nitrogen and oxygen atoms in total. The van der Waals surface area contributed by atoms with Crippen molar-refractivity contribution >= 4 is 21.7 Å². The average molecular weight is 375 g/mol. The zero-order valence-electron chi connectivity index (χ0n) is 12.3. The molecule has 0 radical (unpaired) electrons. The van der Waals surface area contributed by atoms with Crippen molar-refractivity contribution in [3.05, 3.63) is 52.0 Å². The summed E-state index contributed by atoms with van der Waals surface area (Å²) >= 11 is 2.88. The third-order valence-corrected chi connectivity index (χ3v) is 3.89. The van der Waals surface area contributed by atoms with E-state index in [1.54, 1.807) is 4.57 Å². The molecule has 2 rings (SSSR count). The fourth-order valence-corrected chi connectivity index (χ4v) is 2.72. The second-order valence-electron chi connectivity index (χ2n) is 4.77. The molecule has 7 heteroatoms. The zero-order chi connectivity index (χ0) is 16.7. The van der Waals surface area contributed by atoms with E-state index in [4.69, 9.17) is 4.74 Å². The maximum atomic E-state index is 13.2. The van der Waals surface area contributed by atoms with Crippen LogP contribution in [0.1, 0.15) is 22.6 Å². The number of hydrogen-bond donors (Lipinski definition) is 0. The molecule has 0 amide bonds. The molecule has 0 fully saturated rings. The lowest BCUT2D eigenvalue weighted by Crippen LogP contribution is -2.13. The molecule has 0 saturated heterocycles. The molecule has 22 heavy (non-hydrogen) atoms. The molecule has 0 unspecified atom stereocenters. The van der Waals surface area contributed by atoms with Crippen molar-refractivity contribution in [1.29, 1.82) is 0 Å². The molecule has 0 aliphatic heterocycles. The molecule has 2 aromatic heterocycles. The van der Waals surface area contributed by atoms with E-state index < -0.39 is 11.7 Å². The summed E-state index contributed by atoms with van der Waals surface area (Å²) in [6.07, 6.45) is -4.51. The number of methoxy groups -OCH3 is 1. The fraction of sp³-hybridized carbons (Fsp3) is 0.267. The molecule has 0 spiro atoms. The predicted molar refractivity (Wildman–Crippen MR) is 81.8 cm³/mol. The Hall–Kier alpha value is -1.76. The van der Waals surface area contributed by atoms with Gasteiger partial charge < -0.3 is 9.30 Å². The number of ether oxygens (including phenoxy) is 1. The topological polar surface area (TPSA) is 27.1 Å². The summed E-state index contributed by atoms with van der Waals surface area (Å²) in [7, 11) is 1.40. The van der Waals surface area contributed by atoms with Crippen LogP contribution in [0.4, 0.5) is 13.2 Å². The first-order valence-electron chi connectivity index (χ1n) is 6.33. The Morgan fingerprint density at radius 3 is 2.27 bits per heavy atom. The monoisotopic (exact) mass is 374 g/mol. The Labute approximate surface area is 134 Å². The predicted octanol–water partition coefficient (Wildman–Crippen LogP) is 4.89. The van der Waals surface area contributed by atoms with Crippen LogP contribution < -0.4 is 0 Å². The Bertz CT molecular complexity index is 716. The van der Waals surface area contributed by atoms with Crippen molar-refractivity contribution in [3.8, 4) is 5.69 Å². The minimum Gasteiger partial charge on any atom is -0.495 e. The molecule has 118 valence electrons. The zero-order valence-corrected chi connectivity index (χ0v) is 13.8. The smallest absolute Gasteiger partial charge is 0.419 e. The summed E-state index contributed by atoms with van der Waals surface area (Å²) < 4.78 is 45.9. The van der Waals surface area contributed by atoms with Crippen LogP contribution in [-0.4, -0.2) is 16.7 Å². The molecule has 2 heterocycles. The van der Waals surface area contributed by atoms with Gasteiger partial charge in [-0.3, -0.25) is 0 Å². The highest BCUT2D eigenvalue weighted by Gasteiger charge is 2.35. The van der Waals surface area contributed by atoms with Gasteiger partial charge in [0.25, 0.3) is 0 Å². The van der Waals surface area contributed by atoms with E-state index in [2.05, 4.69) is 27.5 Å². The number of hydrogen-bond acceptors (Lipinski definition) is 2. The van der Waals surface area contributed by atoms with Crippen LogP contribution in [0.25, 0.3) is 11.4 Å². The van der Waals surface area contributed by atoms with Crippen LogP contribution in [0.2, 0.25) is 0 Å². The van der Waals surface area contributed by atoms with Gasteiger partial charge in [0.2, 0.25) is 0 Å². The van der Waals surface area contributed by atoms with Crippen molar-refractivity contribution < 1.29 is 17.9 Å². The standard InChI is InChI=1S/C15H14BrF3N2O/c1-8-5-6-9(2)21(8)12-7-11(15(17,18)19)14(16)20-13(12)10(3)22-4/h5-7H,3H2,1-2,4H3. The third-order valence-electron chi connectivity index (χ3n) is 3.28. The lowest BCUT2D eigenvalue weighted by molar-refractivity contribution is -0.138. The first-order valence-corrected chi connectivity index (χ1v) is 7.12. The average Bonchev–Trinajstić information content (AvgIpc) is 2.76. The molecule has 0 aliphatic carbocycles. The van der Waals surface area contributed by atoms with Crippen LogP contribution in [0.15, 0.2) is 29.4 Å². The number of nitrogens with zero attached hydrogens (tertiary/aromatic N) is 2. The summed E-state index contributed by atoms with van der Waals surface area (Å²) in [6.45, 7) is 7.32. The summed E-state index contributed by atoms with van der Waals surface area (Å²) in [5.41, 5.74) is 1.27. The molecular formula is C15H14BrF3N2O. The Morgan fingerprint density at radius 1 is 1.27 bits per heavy atom. The molecule has 0 atom stereocenters. The highest BCUT2D eigenvalue weighted by molar-refractivity contribution is 9.10. The lowest BCUT2D eigenvalue weighted by Gasteiger charge is -2.18. The van der Waals surface area contributed by atoms with Crippen LogP contribution in [-0.2, 0) is 10.9 Å².